The van der Waals surface area contributed by atoms with E-state index < -0.39 is 0 Å². The van der Waals surface area contributed by atoms with E-state index in [9.17, 15) is 0 Å². The summed E-state index contributed by atoms with van der Waals surface area (Å²) in [5, 5.41) is 0. The Morgan fingerprint density at radius 2 is 2.05 bits per heavy atom. The number of benzene rings is 1. The van der Waals surface area contributed by atoms with Crippen LogP contribution in [0.25, 0.3) is 0 Å². The zero-order valence-electron chi connectivity index (χ0n) is 12.2. The molecule has 3 heteroatoms. The number of ether oxygens (including phenoxy) is 1. The van der Waals surface area contributed by atoms with Crippen molar-refractivity contribution in [3.63, 3.8) is 0 Å². The SMILES string of the molecule is Cc1cccc(CN(C)CC2(CN)CCOCC2)c1. The summed E-state index contributed by atoms with van der Waals surface area (Å²) < 4.78 is 5.47. The molecule has 1 saturated heterocycles. The van der Waals surface area contributed by atoms with Crippen LogP contribution in [-0.2, 0) is 11.3 Å². The number of nitrogens with two attached hydrogens (primary N) is 1. The quantitative estimate of drug-likeness (QED) is 0.884. The van der Waals surface area contributed by atoms with Crippen molar-refractivity contribution in [1.29, 1.82) is 0 Å². The minimum Gasteiger partial charge on any atom is -0.381 e. The zero-order valence-corrected chi connectivity index (χ0v) is 12.2. The van der Waals surface area contributed by atoms with E-state index in [2.05, 4.69) is 43.1 Å². The van der Waals surface area contributed by atoms with E-state index in [1.54, 1.807) is 0 Å². The van der Waals surface area contributed by atoms with Crippen molar-refractivity contribution in [2.45, 2.75) is 26.3 Å². The van der Waals surface area contributed by atoms with E-state index in [1.165, 1.54) is 11.1 Å². The molecule has 1 aromatic rings. The molecule has 0 spiro atoms. The molecule has 1 fully saturated rings. The minimum absolute atomic E-state index is 0.247. The average Bonchev–Trinajstić information content (AvgIpc) is 2.39. The first-order chi connectivity index (χ1) is 9.13. The van der Waals surface area contributed by atoms with Crippen LogP contribution in [0.15, 0.2) is 24.3 Å². The molecule has 0 aliphatic carbocycles. The van der Waals surface area contributed by atoms with Gasteiger partial charge in [-0.05, 0) is 44.3 Å². The van der Waals surface area contributed by atoms with E-state index in [1.807, 2.05) is 0 Å². The van der Waals surface area contributed by atoms with Gasteiger partial charge in [-0.1, -0.05) is 29.8 Å². The van der Waals surface area contributed by atoms with Crippen LogP contribution in [0.2, 0.25) is 0 Å². The smallest absolute Gasteiger partial charge is 0.0472 e. The van der Waals surface area contributed by atoms with Gasteiger partial charge in [0.05, 0.1) is 0 Å². The van der Waals surface area contributed by atoms with Crippen molar-refractivity contribution in [3.8, 4) is 0 Å². The topological polar surface area (TPSA) is 38.5 Å². The summed E-state index contributed by atoms with van der Waals surface area (Å²) >= 11 is 0. The van der Waals surface area contributed by atoms with Crippen LogP contribution >= 0.6 is 0 Å². The highest BCUT2D eigenvalue weighted by atomic mass is 16.5. The molecule has 0 radical (unpaired) electrons. The molecule has 1 aliphatic heterocycles. The lowest BCUT2D eigenvalue weighted by Crippen LogP contribution is -2.44. The van der Waals surface area contributed by atoms with Gasteiger partial charge < -0.3 is 15.4 Å². The summed E-state index contributed by atoms with van der Waals surface area (Å²) in [7, 11) is 2.19. The van der Waals surface area contributed by atoms with Crippen LogP contribution in [0.3, 0.4) is 0 Å². The van der Waals surface area contributed by atoms with Crippen molar-refractivity contribution >= 4 is 0 Å². The van der Waals surface area contributed by atoms with Crippen LogP contribution in [0.4, 0.5) is 0 Å². The molecular weight excluding hydrogens is 236 g/mol. The second-order valence-corrected chi connectivity index (χ2v) is 5.98. The Morgan fingerprint density at radius 1 is 1.32 bits per heavy atom. The van der Waals surface area contributed by atoms with E-state index in [0.29, 0.717) is 0 Å². The monoisotopic (exact) mass is 262 g/mol. The fourth-order valence-corrected chi connectivity index (χ4v) is 2.98. The van der Waals surface area contributed by atoms with Crippen molar-refractivity contribution in [2.75, 3.05) is 33.4 Å². The molecule has 1 heterocycles. The molecule has 1 aromatic carbocycles. The van der Waals surface area contributed by atoms with E-state index in [-0.39, 0.29) is 5.41 Å². The Kier molecular flexibility index (Phi) is 4.97. The largest absolute Gasteiger partial charge is 0.381 e. The molecule has 0 atom stereocenters. The van der Waals surface area contributed by atoms with Crippen molar-refractivity contribution < 1.29 is 4.74 Å². The minimum atomic E-state index is 0.247. The van der Waals surface area contributed by atoms with Gasteiger partial charge in [-0.25, -0.2) is 0 Å². The lowest BCUT2D eigenvalue weighted by Gasteiger charge is -2.39. The third-order valence-electron chi connectivity index (χ3n) is 4.13. The fourth-order valence-electron chi connectivity index (χ4n) is 2.98. The first kappa shape index (κ1) is 14.5. The zero-order chi connectivity index (χ0) is 13.7. The van der Waals surface area contributed by atoms with Gasteiger partial charge in [0.15, 0.2) is 0 Å². The van der Waals surface area contributed by atoms with Crippen LogP contribution < -0.4 is 5.73 Å². The van der Waals surface area contributed by atoms with Crippen molar-refractivity contribution in [3.05, 3.63) is 35.4 Å². The van der Waals surface area contributed by atoms with Crippen molar-refractivity contribution in [2.24, 2.45) is 11.1 Å². The first-order valence-corrected chi connectivity index (χ1v) is 7.15. The van der Waals surface area contributed by atoms with E-state index in [4.69, 9.17) is 10.5 Å². The molecule has 3 nitrogen and oxygen atoms in total. The third kappa shape index (κ3) is 4.03. The lowest BCUT2D eigenvalue weighted by molar-refractivity contribution is 0.00268. The predicted molar refractivity (Wildman–Crippen MR) is 79.1 cm³/mol. The van der Waals surface area contributed by atoms with Gasteiger partial charge in [0.2, 0.25) is 0 Å². The molecule has 0 bridgehead atoms. The highest BCUT2D eigenvalue weighted by Crippen LogP contribution is 2.30. The summed E-state index contributed by atoms with van der Waals surface area (Å²) in [6.07, 6.45) is 2.17. The molecule has 2 rings (SSSR count). The van der Waals surface area contributed by atoms with Gasteiger partial charge >= 0.3 is 0 Å². The number of aryl methyl sites for hydroxylation is 1. The maximum atomic E-state index is 6.02. The molecule has 0 aromatic heterocycles. The molecule has 1 aliphatic rings. The summed E-state index contributed by atoms with van der Waals surface area (Å²) in [5.74, 6) is 0. The number of rotatable bonds is 5. The van der Waals surface area contributed by atoms with Gasteiger partial charge in [0, 0.05) is 26.3 Å². The number of hydrogen-bond donors (Lipinski definition) is 1. The van der Waals surface area contributed by atoms with Crippen LogP contribution in [0, 0.1) is 12.3 Å². The highest BCUT2D eigenvalue weighted by Gasteiger charge is 2.32. The fraction of sp³-hybridized carbons (Fsp3) is 0.625. The Balaban J connectivity index is 1.94. The van der Waals surface area contributed by atoms with Gasteiger partial charge in [0.25, 0.3) is 0 Å². The normalized spacial score (nSPS) is 18.7. The Bertz CT molecular complexity index is 399. The Morgan fingerprint density at radius 3 is 2.68 bits per heavy atom. The molecule has 0 saturated carbocycles. The summed E-state index contributed by atoms with van der Waals surface area (Å²) in [6, 6.07) is 8.73. The highest BCUT2D eigenvalue weighted by molar-refractivity contribution is 5.22. The predicted octanol–water partition coefficient (Wildman–Crippen LogP) is 2.18. The second kappa shape index (κ2) is 6.51. The van der Waals surface area contributed by atoms with Crippen LogP contribution in [0.5, 0.6) is 0 Å². The molecular formula is C16H26N2O. The third-order valence-corrected chi connectivity index (χ3v) is 4.13. The van der Waals surface area contributed by atoms with Gasteiger partial charge in [0.1, 0.15) is 0 Å². The molecule has 0 amide bonds. The maximum Gasteiger partial charge on any atom is 0.0472 e. The summed E-state index contributed by atoms with van der Waals surface area (Å²) in [5.41, 5.74) is 8.97. The van der Waals surface area contributed by atoms with Crippen molar-refractivity contribution in [1.82, 2.24) is 4.90 Å². The van der Waals surface area contributed by atoms with Crippen LogP contribution in [-0.4, -0.2) is 38.3 Å². The Labute approximate surface area is 116 Å². The summed E-state index contributed by atoms with van der Waals surface area (Å²) in [4.78, 5) is 2.40. The van der Waals surface area contributed by atoms with Gasteiger partial charge in [-0.2, -0.15) is 0 Å². The van der Waals surface area contributed by atoms with E-state index >= 15 is 0 Å². The van der Waals surface area contributed by atoms with Crippen LogP contribution in [0.1, 0.15) is 24.0 Å². The van der Waals surface area contributed by atoms with Gasteiger partial charge in [-0.15, -0.1) is 0 Å². The Hall–Kier alpha value is -0.900. The maximum absolute atomic E-state index is 6.02. The van der Waals surface area contributed by atoms with Gasteiger partial charge in [-0.3, -0.25) is 0 Å². The van der Waals surface area contributed by atoms with E-state index in [0.717, 1.165) is 45.7 Å². The standard InChI is InChI=1S/C16H26N2O/c1-14-4-3-5-15(10-14)11-18(2)13-16(12-17)6-8-19-9-7-16/h3-5,10H,6-9,11-13,17H2,1-2H3. The number of nitrogens with zero attached hydrogens (tertiary/aromatic N) is 1. The number of hydrogen-bond acceptors (Lipinski definition) is 3. The molecule has 0 unspecified atom stereocenters. The first-order valence-electron chi connectivity index (χ1n) is 7.15. The second-order valence-electron chi connectivity index (χ2n) is 5.98. The summed E-state index contributed by atoms with van der Waals surface area (Å²) in [6.45, 7) is 6.66. The molecule has 106 valence electrons. The molecule has 2 N–H and O–H groups in total. The average molecular weight is 262 g/mol. The molecule has 19 heavy (non-hydrogen) atoms. The lowest BCUT2D eigenvalue weighted by atomic mass is 9.80.